The number of nitrogens with zero attached hydrogens (tertiary/aromatic N) is 2. The van der Waals surface area contributed by atoms with E-state index in [0.29, 0.717) is 0 Å². The molecule has 0 aliphatic rings. The van der Waals surface area contributed by atoms with Crippen molar-refractivity contribution in [2.75, 3.05) is 7.05 Å². The maximum absolute atomic E-state index is 6.26. The Morgan fingerprint density at radius 3 is 2.50 bits per heavy atom. The molecule has 18 heavy (non-hydrogen) atoms. The molecule has 0 saturated carbocycles. The summed E-state index contributed by atoms with van der Waals surface area (Å²) in [6, 6.07) is 9.93. The summed E-state index contributed by atoms with van der Waals surface area (Å²) in [7, 11) is 1.92. The highest BCUT2D eigenvalue weighted by Gasteiger charge is 2.17. The van der Waals surface area contributed by atoms with Crippen LogP contribution in [0, 0.1) is 13.8 Å². The molecule has 0 amide bonds. The maximum Gasteiger partial charge on any atom is 0.0651 e. The molecule has 0 spiro atoms. The van der Waals surface area contributed by atoms with Crippen molar-refractivity contribution in [1.29, 1.82) is 0 Å². The van der Waals surface area contributed by atoms with E-state index >= 15 is 0 Å². The van der Waals surface area contributed by atoms with E-state index in [1.807, 2.05) is 51.2 Å². The third-order valence-electron chi connectivity index (χ3n) is 2.96. The highest BCUT2D eigenvalue weighted by molar-refractivity contribution is 6.31. The van der Waals surface area contributed by atoms with Crippen molar-refractivity contribution < 1.29 is 0 Å². The van der Waals surface area contributed by atoms with Gasteiger partial charge in [-0.1, -0.05) is 29.8 Å². The van der Waals surface area contributed by atoms with Crippen LogP contribution in [0.3, 0.4) is 0 Å². The van der Waals surface area contributed by atoms with Gasteiger partial charge in [-0.25, -0.2) is 0 Å². The minimum Gasteiger partial charge on any atom is -0.309 e. The van der Waals surface area contributed by atoms with Crippen LogP contribution in [0.15, 0.2) is 30.3 Å². The molecular formula is C14H16ClN3. The van der Waals surface area contributed by atoms with Gasteiger partial charge in [-0.2, -0.15) is 10.2 Å². The zero-order chi connectivity index (χ0) is 13.1. The Balaban J connectivity index is 2.52. The lowest BCUT2D eigenvalue weighted by Gasteiger charge is -2.20. The Morgan fingerprint density at radius 1 is 1.11 bits per heavy atom. The van der Waals surface area contributed by atoms with E-state index in [0.717, 1.165) is 27.5 Å². The smallest absolute Gasteiger partial charge is 0.0651 e. The maximum atomic E-state index is 6.26. The number of benzene rings is 1. The molecule has 94 valence electrons. The number of hydrogen-bond acceptors (Lipinski definition) is 3. The van der Waals surface area contributed by atoms with Crippen molar-refractivity contribution in [3.05, 3.63) is 57.9 Å². The summed E-state index contributed by atoms with van der Waals surface area (Å²) < 4.78 is 0. The van der Waals surface area contributed by atoms with Gasteiger partial charge >= 0.3 is 0 Å². The molecule has 0 aliphatic carbocycles. The highest BCUT2D eigenvalue weighted by Crippen LogP contribution is 2.29. The van der Waals surface area contributed by atoms with E-state index in [9.17, 15) is 0 Å². The minimum absolute atomic E-state index is 0.0351. The van der Waals surface area contributed by atoms with Gasteiger partial charge in [0.2, 0.25) is 0 Å². The van der Waals surface area contributed by atoms with Crippen LogP contribution in [0.4, 0.5) is 0 Å². The van der Waals surface area contributed by atoms with Crippen molar-refractivity contribution in [2.45, 2.75) is 19.9 Å². The van der Waals surface area contributed by atoms with Crippen molar-refractivity contribution in [3.8, 4) is 0 Å². The second-order valence-electron chi connectivity index (χ2n) is 4.27. The fraction of sp³-hybridized carbons (Fsp3) is 0.286. The Bertz CT molecular complexity index is 554. The number of halogens is 1. The summed E-state index contributed by atoms with van der Waals surface area (Å²) in [5.74, 6) is 0. The number of rotatable bonds is 3. The molecule has 0 saturated heterocycles. The van der Waals surface area contributed by atoms with Crippen LogP contribution in [0.2, 0.25) is 5.02 Å². The second kappa shape index (κ2) is 5.46. The largest absolute Gasteiger partial charge is 0.309 e. The first kappa shape index (κ1) is 13.0. The topological polar surface area (TPSA) is 37.8 Å². The number of nitrogens with one attached hydrogen (secondary N) is 1. The van der Waals surface area contributed by atoms with Gasteiger partial charge in [0.15, 0.2) is 0 Å². The number of hydrogen-bond donors (Lipinski definition) is 1. The van der Waals surface area contributed by atoms with Crippen LogP contribution in [0.1, 0.15) is 28.6 Å². The molecule has 1 unspecified atom stereocenters. The zero-order valence-electron chi connectivity index (χ0n) is 10.7. The predicted molar refractivity (Wildman–Crippen MR) is 73.9 cm³/mol. The van der Waals surface area contributed by atoms with E-state index in [1.165, 1.54) is 0 Å². The van der Waals surface area contributed by atoms with Crippen LogP contribution in [0.25, 0.3) is 0 Å². The first-order chi connectivity index (χ1) is 8.63. The molecule has 2 aromatic rings. The molecule has 0 fully saturated rings. The average Bonchev–Trinajstić information content (AvgIpc) is 2.36. The van der Waals surface area contributed by atoms with Gasteiger partial charge in [0, 0.05) is 5.02 Å². The fourth-order valence-corrected chi connectivity index (χ4v) is 2.29. The molecule has 0 radical (unpaired) electrons. The summed E-state index contributed by atoms with van der Waals surface area (Å²) >= 11 is 6.26. The molecule has 1 atom stereocenters. The average molecular weight is 262 g/mol. The van der Waals surface area contributed by atoms with Crippen LogP contribution in [-0.4, -0.2) is 17.2 Å². The predicted octanol–water partition coefficient (Wildman–Crippen LogP) is 3.06. The molecular weight excluding hydrogens is 246 g/mol. The molecule has 1 heterocycles. The number of aromatic nitrogens is 2. The first-order valence-electron chi connectivity index (χ1n) is 5.86. The molecule has 4 heteroatoms. The monoisotopic (exact) mass is 261 g/mol. The highest BCUT2D eigenvalue weighted by atomic mass is 35.5. The lowest BCUT2D eigenvalue weighted by atomic mass is 9.97. The van der Waals surface area contributed by atoms with E-state index in [4.69, 9.17) is 11.6 Å². The SMILES string of the molecule is CNC(c1ccccc1Cl)c1cc(C)nnc1C. The normalized spacial score (nSPS) is 12.4. The van der Waals surface area contributed by atoms with Crippen molar-refractivity contribution in [1.82, 2.24) is 15.5 Å². The van der Waals surface area contributed by atoms with Gasteiger partial charge in [-0.05, 0) is 44.2 Å². The quantitative estimate of drug-likeness (QED) is 0.923. The molecule has 0 bridgehead atoms. The van der Waals surface area contributed by atoms with Gasteiger partial charge in [0.05, 0.1) is 17.4 Å². The summed E-state index contributed by atoms with van der Waals surface area (Å²) in [5.41, 5.74) is 3.98. The van der Waals surface area contributed by atoms with Crippen LogP contribution >= 0.6 is 11.6 Å². The molecule has 1 aromatic heterocycles. The third kappa shape index (κ3) is 2.52. The van der Waals surface area contributed by atoms with Gasteiger partial charge in [-0.15, -0.1) is 0 Å². The third-order valence-corrected chi connectivity index (χ3v) is 3.30. The Kier molecular flexibility index (Phi) is 3.94. The standard InChI is InChI=1S/C14H16ClN3/c1-9-8-12(10(2)18-17-9)14(16-3)11-6-4-5-7-13(11)15/h4-8,14,16H,1-3H3. The summed E-state index contributed by atoms with van der Waals surface area (Å²) in [6.07, 6.45) is 0. The molecule has 1 N–H and O–H groups in total. The van der Waals surface area contributed by atoms with E-state index in [1.54, 1.807) is 0 Å². The molecule has 2 rings (SSSR count). The van der Waals surface area contributed by atoms with Gasteiger partial charge in [-0.3, -0.25) is 0 Å². The molecule has 1 aromatic carbocycles. The summed E-state index contributed by atoms with van der Waals surface area (Å²) in [5, 5.41) is 12.3. The van der Waals surface area contributed by atoms with Gasteiger partial charge in [0.1, 0.15) is 0 Å². The molecule has 3 nitrogen and oxygen atoms in total. The van der Waals surface area contributed by atoms with E-state index in [-0.39, 0.29) is 6.04 Å². The van der Waals surface area contributed by atoms with Gasteiger partial charge in [0.25, 0.3) is 0 Å². The first-order valence-corrected chi connectivity index (χ1v) is 6.23. The Morgan fingerprint density at radius 2 is 1.83 bits per heavy atom. The lowest BCUT2D eigenvalue weighted by Crippen LogP contribution is -2.20. The summed E-state index contributed by atoms with van der Waals surface area (Å²) in [4.78, 5) is 0. The summed E-state index contributed by atoms with van der Waals surface area (Å²) in [6.45, 7) is 3.90. The van der Waals surface area contributed by atoms with Gasteiger partial charge < -0.3 is 5.32 Å². The van der Waals surface area contributed by atoms with Crippen molar-refractivity contribution in [3.63, 3.8) is 0 Å². The van der Waals surface area contributed by atoms with Crippen molar-refractivity contribution in [2.24, 2.45) is 0 Å². The van der Waals surface area contributed by atoms with Crippen LogP contribution < -0.4 is 5.32 Å². The van der Waals surface area contributed by atoms with Crippen LogP contribution in [0.5, 0.6) is 0 Å². The zero-order valence-corrected chi connectivity index (χ0v) is 11.5. The number of aryl methyl sites for hydroxylation is 2. The van der Waals surface area contributed by atoms with E-state index in [2.05, 4.69) is 15.5 Å². The van der Waals surface area contributed by atoms with Crippen LogP contribution in [-0.2, 0) is 0 Å². The van der Waals surface area contributed by atoms with Crippen molar-refractivity contribution >= 4 is 11.6 Å². The lowest BCUT2D eigenvalue weighted by molar-refractivity contribution is 0.675. The Labute approximate surface area is 112 Å². The van der Waals surface area contributed by atoms with E-state index < -0.39 is 0 Å². The Hall–Kier alpha value is -1.45. The molecule has 0 aliphatic heterocycles. The second-order valence-corrected chi connectivity index (χ2v) is 4.68. The minimum atomic E-state index is 0.0351. The fourth-order valence-electron chi connectivity index (χ4n) is 2.05.